The lowest BCUT2D eigenvalue weighted by Crippen LogP contribution is -2.43. The van der Waals surface area contributed by atoms with Gasteiger partial charge in [-0.3, -0.25) is 9.48 Å². The zero-order valence-corrected chi connectivity index (χ0v) is 17.3. The number of anilines is 1. The van der Waals surface area contributed by atoms with Gasteiger partial charge in [0.05, 0.1) is 11.3 Å². The number of fused-ring (bicyclic) bond motifs is 1. The first kappa shape index (κ1) is 23.0. The summed E-state index contributed by atoms with van der Waals surface area (Å²) in [5.41, 5.74) is 7.61. The second kappa shape index (κ2) is 10.6. The number of halogens is 1. The van der Waals surface area contributed by atoms with E-state index < -0.39 is 37.3 Å². The monoisotopic (exact) mass is 448 g/mol. The van der Waals surface area contributed by atoms with Gasteiger partial charge in [0.1, 0.15) is 25.1 Å². The number of ether oxygens (including phenoxy) is 1. The van der Waals surface area contributed by atoms with Crippen LogP contribution >= 0.6 is 0 Å². The second-order valence-electron chi connectivity index (χ2n) is 7.27. The number of nitrogens with one attached hydrogen (secondary N) is 2. The molecule has 1 aliphatic rings. The third kappa shape index (κ3) is 5.93. The standard InChI is InChI=1S/C20H25FN6O5/c21-6-9-32-20(31)25-16(19(29)30)10-15-14(17(22)28)11-27(26-15)8-5-13-4-3-12-2-1-7-23-18(12)24-13/h3-4,11,16H,1-2,5-10H2,(H2,22,28)(H,23,24)(H,25,31)(H,29,30)/t16-/m0/s1. The number of primary amides is 1. The number of carbonyl (C=O) groups excluding carboxylic acids is 2. The lowest BCUT2D eigenvalue weighted by Gasteiger charge is -2.17. The van der Waals surface area contributed by atoms with Crippen molar-refractivity contribution >= 4 is 23.8 Å². The van der Waals surface area contributed by atoms with Crippen molar-refractivity contribution in [2.75, 3.05) is 25.1 Å². The first-order valence-electron chi connectivity index (χ1n) is 10.2. The number of nitrogens with two attached hydrogens (primary N) is 1. The van der Waals surface area contributed by atoms with Gasteiger partial charge in [-0.05, 0) is 24.5 Å². The van der Waals surface area contributed by atoms with Crippen molar-refractivity contribution in [3.05, 3.63) is 40.8 Å². The highest BCUT2D eigenvalue weighted by Gasteiger charge is 2.25. The lowest BCUT2D eigenvalue weighted by molar-refractivity contribution is -0.139. The van der Waals surface area contributed by atoms with E-state index in [0.717, 1.165) is 30.9 Å². The zero-order valence-electron chi connectivity index (χ0n) is 17.3. The summed E-state index contributed by atoms with van der Waals surface area (Å²) < 4.78 is 18.1. The molecule has 11 nitrogen and oxygen atoms in total. The number of carboxylic acids is 1. The predicted molar refractivity (Wildman–Crippen MR) is 111 cm³/mol. The maximum atomic E-state index is 12.1. The minimum absolute atomic E-state index is 0.0512. The van der Waals surface area contributed by atoms with E-state index in [1.54, 1.807) is 0 Å². The van der Waals surface area contributed by atoms with Gasteiger partial charge in [0.15, 0.2) is 0 Å². The molecule has 12 heteroatoms. The highest BCUT2D eigenvalue weighted by molar-refractivity contribution is 5.94. The molecule has 1 aliphatic heterocycles. The number of rotatable bonds is 10. The topological polar surface area (TPSA) is 161 Å². The summed E-state index contributed by atoms with van der Waals surface area (Å²) in [5, 5.41) is 19.1. The number of aliphatic carboxylic acids is 1. The van der Waals surface area contributed by atoms with Crippen molar-refractivity contribution in [3.63, 3.8) is 0 Å². The van der Waals surface area contributed by atoms with E-state index in [2.05, 4.69) is 25.5 Å². The Hall–Kier alpha value is -3.70. The molecule has 2 amide bonds. The molecule has 3 heterocycles. The molecule has 2 aromatic rings. The number of hydrogen-bond acceptors (Lipinski definition) is 7. The largest absolute Gasteiger partial charge is 0.480 e. The molecule has 0 aliphatic carbocycles. The Morgan fingerprint density at radius 1 is 1.38 bits per heavy atom. The molecule has 1 atom stereocenters. The Morgan fingerprint density at radius 2 is 2.19 bits per heavy atom. The molecular formula is C20H25FN6O5. The number of hydrogen-bond donors (Lipinski definition) is 4. The predicted octanol–water partition coefficient (Wildman–Crippen LogP) is 0.669. The number of alkyl halides is 1. The fourth-order valence-electron chi connectivity index (χ4n) is 3.38. The molecule has 0 spiro atoms. The average Bonchev–Trinajstić information content (AvgIpc) is 3.18. The SMILES string of the molecule is NC(=O)c1cn(CCc2ccc3c(n2)NCCC3)nc1C[C@H](NC(=O)OCCF)C(=O)O. The Kier molecular flexibility index (Phi) is 7.58. The summed E-state index contributed by atoms with van der Waals surface area (Å²) >= 11 is 0. The van der Waals surface area contributed by atoms with E-state index in [1.807, 2.05) is 12.1 Å². The first-order valence-corrected chi connectivity index (χ1v) is 10.2. The minimum atomic E-state index is -1.43. The fourth-order valence-corrected chi connectivity index (χ4v) is 3.38. The normalized spacial score (nSPS) is 13.5. The lowest BCUT2D eigenvalue weighted by atomic mass is 10.1. The molecule has 0 saturated heterocycles. The number of carbonyl (C=O) groups is 3. The van der Waals surface area contributed by atoms with E-state index >= 15 is 0 Å². The van der Waals surface area contributed by atoms with E-state index in [-0.39, 0.29) is 17.7 Å². The van der Waals surface area contributed by atoms with Gasteiger partial charge in [-0.2, -0.15) is 5.10 Å². The average molecular weight is 448 g/mol. The molecule has 0 radical (unpaired) electrons. The first-order chi connectivity index (χ1) is 15.4. The van der Waals surface area contributed by atoms with Gasteiger partial charge >= 0.3 is 12.1 Å². The summed E-state index contributed by atoms with van der Waals surface area (Å²) in [6.07, 6.45) is 2.65. The molecule has 5 N–H and O–H groups in total. The van der Waals surface area contributed by atoms with Crippen LogP contribution in [-0.2, 0) is 35.3 Å². The van der Waals surface area contributed by atoms with Crippen molar-refractivity contribution in [2.24, 2.45) is 5.73 Å². The Morgan fingerprint density at radius 3 is 2.91 bits per heavy atom. The Balaban J connectivity index is 1.69. The number of amides is 2. The van der Waals surface area contributed by atoms with Crippen molar-refractivity contribution < 1.29 is 28.6 Å². The Labute approximate surface area is 183 Å². The summed E-state index contributed by atoms with van der Waals surface area (Å²) in [6, 6.07) is 2.55. The second-order valence-corrected chi connectivity index (χ2v) is 7.27. The molecule has 0 bridgehead atoms. The van der Waals surface area contributed by atoms with Crippen LogP contribution in [0.5, 0.6) is 0 Å². The molecular weight excluding hydrogens is 423 g/mol. The number of alkyl carbamates (subject to hydrolysis) is 1. The van der Waals surface area contributed by atoms with Crippen molar-refractivity contribution in [1.29, 1.82) is 0 Å². The zero-order chi connectivity index (χ0) is 23.1. The summed E-state index contributed by atoms with van der Waals surface area (Å²) in [6.45, 7) is -0.119. The summed E-state index contributed by atoms with van der Waals surface area (Å²) in [5.74, 6) is -1.26. The molecule has 3 rings (SSSR count). The van der Waals surface area contributed by atoms with Crippen molar-refractivity contribution in [1.82, 2.24) is 20.1 Å². The Bertz CT molecular complexity index is 995. The van der Waals surface area contributed by atoms with Crippen molar-refractivity contribution in [3.8, 4) is 0 Å². The maximum Gasteiger partial charge on any atom is 0.407 e. The molecule has 0 saturated carbocycles. The van der Waals surface area contributed by atoms with Crippen LogP contribution in [0.25, 0.3) is 0 Å². The van der Waals surface area contributed by atoms with Gasteiger partial charge in [-0.25, -0.2) is 19.0 Å². The molecule has 0 fully saturated rings. The molecule has 0 aromatic carbocycles. The van der Waals surface area contributed by atoms with E-state index in [4.69, 9.17) is 5.73 Å². The van der Waals surface area contributed by atoms with Crippen molar-refractivity contribution in [2.45, 2.75) is 38.3 Å². The van der Waals surface area contributed by atoms with Crippen LogP contribution in [0.1, 0.15) is 33.7 Å². The van der Waals surface area contributed by atoms with Crippen LogP contribution in [0.15, 0.2) is 18.3 Å². The highest BCUT2D eigenvalue weighted by Crippen LogP contribution is 2.20. The number of aromatic nitrogens is 3. The quantitative estimate of drug-likeness (QED) is 0.412. The fraction of sp³-hybridized carbons (Fsp3) is 0.450. The van der Waals surface area contributed by atoms with Gasteiger partial charge in [0.2, 0.25) is 0 Å². The molecule has 2 aromatic heterocycles. The summed E-state index contributed by atoms with van der Waals surface area (Å²) in [7, 11) is 0. The van der Waals surface area contributed by atoms with E-state index in [9.17, 15) is 23.9 Å². The smallest absolute Gasteiger partial charge is 0.407 e. The van der Waals surface area contributed by atoms with Crippen LogP contribution in [0, 0.1) is 0 Å². The highest BCUT2D eigenvalue weighted by atomic mass is 19.1. The summed E-state index contributed by atoms with van der Waals surface area (Å²) in [4.78, 5) is 39.6. The number of nitrogens with zero attached hydrogens (tertiary/aromatic N) is 3. The van der Waals surface area contributed by atoms with Gasteiger partial charge < -0.3 is 26.2 Å². The third-order valence-electron chi connectivity index (χ3n) is 4.95. The maximum absolute atomic E-state index is 12.1. The van der Waals surface area contributed by atoms with Gasteiger partial charge in [-0.1, -0.05) is 6.07 Å². The van der Waals surface area contributed by atoms with Gasteiger partial charge in [0, 0.05) is 37.8 Å². The van der Waals surface area contributed by atoms with Gasteiger partial charge in [0.25, 0.3) is 5.91 Å². The van der Waals surface area contributed by atoms with Crippen LogP contribution in [0.4, 0.5) is 15.0 Å². The number of pyridine rings is 1. The van der Waals surface area contributed by atoms with Gasteiger partial charge in [-0.15, -0.1) is 0 Å². The van der Waals surface area contributed by atoms with Crippen LogP contribution in [0.2, 0.25) is 0 Å². The molecule has 32 heavy (non-hydrogen) atoms. The minimum Gasteiger partial charge on any atom is -0.480 e. The number of aryl methyl sites for hydroxylation is 3. The molecule has 172 valence electrons. The van der Waals surface area contributed by atoms with Crippen LogP contribution in [0.3, 0.4) is 0 Å². The third-order valence-corrected chi connectivity index (χ3v) is 4.95. The van der Waals surface area contributed by atoms with E-state index in [0.29, 0.717) is 13.0 Å². The van der Waals surface area contributed by atoms with E-state index in [1.165, 1.54) is 16.4 Å². The van der Waals surface area contributed by atoms with Crippen LogP contribution in [-0.4, -0.2) is 63.7 Å². The molecule has 0 unspecified atom stereocenters. The number of carboxylic acid groups (broad SMARTS) is 1. The van der Waals surface area contributed by atoms with Crippen LogP contribution < -0.4 is 16.4 Å².